The molecule has 0 spiro atoms. The molecule has 28 heavy (non-hydrogen) atoms. The van der Waals surface area contributed by atoms with E-state index in [2.05, 4.69) is 21.6 Å². The molecule has 1 atom stereocenters. The highest BCUT2D eigenvalue weighted by Gasteiger charge is 2.28. The van der Waals surface area contributed by atoms with Crippen LogP contribution in [0.3, 0.4) is 0 Å². The fraction of sp³-hybridized carbons (Fsp3) is 0.300. The molecule has 0 aliphatic heterocycles. The van der Waals surface area contributed by atoms with Crippen LogP contribution < -0.4 is 11.1 Å². The number of nitrogens with zero attached hydrogens (tertiary/aromatic N) is 4. The van der Waals surface area contributed by atoms with Crippen LogP contribution in [0.15, 0.2) is 42.6 Å². The van der Waals surface area contributed by atoms with Crippen LogP contribution in [0.25, 0.3) is 5.65 Å². The first-order chi connectivity index (χ1) is 12.8. The van der Waals surface area contributed by atoms with Crippen molar-refractivity contribution in [1.82, 2.24) is 19.9 Å². The second-order valence-electron chi connectivity index (χ2n) is 6.89. The van der Waals surface area contributed by atoms with E-state index in [-0.39, 0.29) is 13.3 Å². The monoisotopic (exact) mass is 398 g/mol. The number of nitrogens with one attached hydrogen (secondary N) is 1. The maximum Gasteiger partial charge on any atom is 0.240 e. The molecule has 1 aromatic carbocycles. The summed E-state index contributed by atoms with van der Waals surface area (Å²) in [5.41, 5.74) is 7.03. The molecule has 2 aromatic heterocycles. The molecule has 3 rings (SSSR count). The molecular weight excluding hydrogens is 376 g/mol. The zero-order valence-electron chi connectivity index (χ0n) is 15.0. The number of hydrogen-bond acceptors (Lipinski definition) is 5. The third-order valence-electron chi connectivity index (χ3n) is 4.12. The Bertz CT molecular complexity index is 1010. The molecule has 0 bridgehead atoms. The summed E-state index contributed by atoms with van der Waals surface area (Å²) in [5.74, 6) is 0.245. The number of pyridine rings is 1. The normalized spacial score (nSPS) is 12.1. The standard InChI is InChI=1S/C19H19ClN6O.CH4/c1-19(2,22)18(27)23-15(9-12-3-5-13(10-21)6-4-12)17-25-24-16-8-7-14(20)11-26(16)17;/h3-8,11,15H,9,22H2,1-2H3,(H,23,27);1H4/t15-;/m1./s1. The Morgan fingerprint density at radius 3 is 2.57 bits per heavy atom. The highest BCUT2D eigenvalue weighted by Crippen LogP contribution is 2.21. The SMILES string of the molecule is C.CC(C)(N)C(=O)N[C@H](Cc1ccc(C#N)cc1)c1nnc2ccc(Cl)cn12. The van der Waals surface area contributed by atoms with Gasteiger partial charge in [-0.3, -0.25) is 9.20 Å². The zero-order chi connectivity index (χ0) is 19.6. The van der Waals surface area contributed by atoms with Crippen LogP contribution in [0, 0.1) is 11.3 Å². The average molecular weight is 399 g/mol. The molecule has 0 saturated heterocycles. The second kappa shape index (κ2) is 8.38. The average Bonchev–Trinajstić information content (AvgIpc) is 3.03. The minimum Gasteiger partial charge on any atom is -0.344 e. The predicted octanol–water partition coefficient (Wildman–Crippen LogP) is 3.03. The zero-order valence-corrected chi connectivity index (χ0v) is 15.7. The van der Waals surface area contributed by atoms with Gasteiger partial charge in [0.05, 0.1) is 28.2 Å². The molecule has 0 aliphatic carbocycles. The Labute approximate surface area is 169 Å². The molecule has 3 aromatic rings. The first-order valence-electron chi connectivity index (χ1n) is 8.37. The fourth-order valence-corrected chi connectivity index (χ4v) is 2.78. The van der Waals surface area contributed by atoms with Crippen molar-refractivity contribution in [3.05, 3.63) is 64.6 Å². The quantitative estimate of drug-likeness (QED) is 0.686. The Morgan fingerprint density at radius 1 is 1.29 bits per heavy atom. The number of fused-ring (bicyclic) bond motifs is 1. The predicted molar refractivity (Wildman–Crippen MR) is 109 cm³/mol. The Kier molecular flexibility index (Phi) is 6.39. The van der Waals surface area contributed by atoms with Crippen molar-refractivity contribution in [2.75, 3.05) is 0 Å². The van der Waals surface area contributed by atoms with Gasteiger partial charge in [0.2, 0.25) is 5.91 Å². The van der Waals surface area contributed by atoms with E-state index in [0.29, 0.717) is 28.5 Å². The van der Waals surface area contributed by atoms with Gasteiger partial charge in [0, 0.05) is 6.20 Å². The molecule has 7 nitrogen and oxygen atoms in total. The van der Waals surface area contributed by atoms with Crippen molar-refractivity contribution < 1.29 is 4.79 Å². The summed E-state index contributed by atoms with van der Waals surface area (Å²) in [4.78, 5) is 12.5. The third-order valence-corrected chi connectivity index (χ3v) is 4.34. The van der Waals surface area contributed by atoms with Crippen LogP contribution in [0.4, 0.5) is 0 Å². The van der Waals surface area contributed by atoms with Gasteiger partial charge >= 0.3 is 0 Å². The molecule has 3 N–H and O–H groups in total. The van der Waals surface area contributed by atoms with Gasteiger partial charge in [-0.1, -0.05) is 31.2 Å². The van der Waals surface area contributed by atoms with Crippen LogP contribution in [0.5, 0.6) is 0 Å². The van der Waals surface area contributed by atoms with E-state index in [0.717, 1.165) is 5.56 Å². The number of amides is 1. The minimum absolute atomic E-state index is 0. The molecule has 0 fully saturated rings. The lowest BCUT2D eigenvalue weighted by Gasteiger charge is -2.23. The number of benzene rings is 1. The van der Waals surface area contributed by atoms with Gasteiger partial charge < -0.3 is 11.1 Å². The van der Waals surface area contributed by atoms with Gasteiger partial charge in [-0.2, -0.15) is 5.26 Å². The maximum atomic E-state index is 12.5. The molecule has 2 heterocycles. The Hall–Kier alpha value is -2.95. The molecule has 0 aliphatic rings. The maximum absolute atomic E-state index is 12.5. The van der Waals surface area contributed by atoms with Crippen molar-refractivity contribution in [3.8, 4) is 6.07 Å². The number of nitriles is 1. The lowest BCUT2D eigenvalue weighted by molar-refractivity contribution is -0.126. The fourth-order valence-electron chi connectivity index (χ4n) is 2.62. The largest absolute Gasteiger partial charge is 0.344 e. The van der Waals surface area contributed by atoms with E-state index in [9.17, 15) is 4.79 Å². The van der Waals surface area contributed by atoms with E-state index in [1.54, 1.807) is 48.7 Å². The van der Waals surface area contributed by atoms with Crippen molar-refractivity contribution in [2.45, 2.75) is 39.3 Å². The first-order valence-corrected chi connectivity index (χ1v) is 8.75. The van der Waals surface area contributed by atoms with E-state index in [1.807, 2.05) is 12.1 Å². The highest BCUT2D eigenvalue weighted by atomic mass is 35.5. The summed E-state index contributed by atoms with van der Waals surface area (Å²) < 4.78 is 1.75. The molecular formula is C20H23ClN6O. The van der Waals surface area contributed by atoms with Gasteiger partial charge in [0.1, 0.15) is 0 Å². The third kappa shape index (κ3) is 4.66. The highest BCUT2D eigenvalue weighted by molar-refractivity contribution is 6.30. The van der Waals surface area contributed by atoms with Crippen LogP contribution in [0.1, 0.15) is 44.3 Å². The number of halogens is 1. The van der Waals surface area contributed by atoms with Gasteiger partial charge in [0.15, 0.2) is 11.5 Å². The van der Waals surface area contributed by atoms with Gasteiger partial charge in [-0.05, 0) is 50.1 Å². The molecule has 8 heteroatoms. The van der Waals surface area contributed by atoms with Crippen molar-refractivity contribution in [1.29, 1.82) is 5.26 Å². The number of aromatic nitrogens is 3. The number of nitrogens with two attached hydrogens (primary N) is 1. The lowest BCUT2D eigenvalue weighted by atomic mass is 10.0. The molecule has 1 amide bonds. The second-order valence-corrected chi connectivity index (χ2v) is 7.33. The Balaban J connectivity index is 0.00000280. The van der Waals surface area contributed by atoms with Crippen LogP contribution in [-0.4, -0.2) is 26.0 Å². The van der Waals surface area contributed by atoms with Crippen LogP contribution >= 0.6 is 11.6 Å². The van der Waals surface area contributed by atoms with E-state index < -0.39 is 11.6 Å². The molecule has 0 unspecified atom stereocenters. The summed E-state index contributed by atoms with van der Waals surface area (Å²) in [6.45, 7) is 3.28. The lowest BCUT2D eigenvalue weighted by Crippen LogP contribution is -2.50. The van der Waals surface area contributed by atoms with Crippen molar-refractivity contribution in [3.63, 3.8) is 0 Å². The number of rotatable bonds is 5. The van der Waals surface area contributed by atoms with Gasteiger partial charge in [-0.25, -0.2) is 0 Å². The summed E-state index contributed by atoms with van der Waals surface area (Å²) in [6.07, 6.45) is 2.17. The van der Waals surface area contributed by atoms with E-state index >= 15 is 0 Å². The van der Waals surface area contributed by atoms with Crippen LogP contribution in [-0.2, 0) is 11.2 Å². The summed E-state index contributed by atoms with van der Waals surface area (Å²) in [6, 6.07) is 12.3. The number of carbonyl (C=O) groups excluding carboxylic acids is 1. The number of hydrogen-bond donors (Lipinski definition) is 2. The van der Waals surface area contributed by atoms with E-state index in [4.69, 9.17) is 22.6 Å². The summed E-state index contributed by atoms with van der Waals surface area (Å²) in [5, 5.41) is 20.8. The minimum atomic E-state index is -1.04. The van der Waals surface area contributed by atoms with Crippen LogP contribution in [0.2, 0.25) is 5.02 Å². The molecule has 0 saturated carbocycles. The molecule has 146 valence electrons. The van der Waals surface area contributed by atoms with Crippen molar-refractivity contribution >= 4 is 23.2 Å². The molecule has 0 radical (unpaired) electrons. The van der Waals surface area contributed by atoms with E-state index in [1.165, 1.54) is 0 Å². The topological polar surface area (TPSA) is 109 Å². The Morgan fingerprint density at radius 2 is 1.96 bits per heavy atom. The summed E-state index contributed by atoms with van der Waals surface area (Å²) in [7, 11) is 0. The smallest absolute Gasteiger partial charge is 0.240 e. The van der Waals surface area contributed by atoms with Crippen molar-refractivity contribution in [2.24, 2.45) is 5.73 Å². The van der Waals surface area contributed by atoms with Gasteiger partial charge in [-0.15, -0.1) is 10.2 Å². The number of carbonyl (C=O) groups is 1. The first kappa shape index (κ1) is 21.4. The van der Waals surface area contributed by atoms with Gasteiger partial charge in [0.25, 0.3) is 0 Å². The summed E-state index contributed by atoms with van der Waals surface area (Å²) >= 11 is 6.11.